The van der Waals surface area contributed by atoms with Crippen molar-refractivity contribution >= 4 is 21.6 Å². The zero-order chi connectivity index (χ0) is 21.6. The fraction of sp³-hybridized carbons (Fsp3) is 0.429. The quantitative estimate of drug-likeness (QED) is 0.723. The van der Waals surface area contributed by atoms with Crippen LogP contribution in [0.4, 0.5) is 5.69 Å². The van der Waals surface area contributed by atoms with Crippen molar-refractivity contribution < 1.29 is 17.9 Å². The number of rotatable bonds is 7. The van der Waals surface area contributed by atoms with Gasteiger partial charge < -0.3 is 14.6 Å². The van der Waals surface area contributed by atoms with Gasteiger partial charge in [0.05, 0.1) is 12.3 Å². The lowest BCUT2D eigenvalue weighted by Gasteiger charge is -2.20. The van der Waals surface area contributed by atoms with E-state index in [-0.39, 0.29) is 11.4 Å². The molecule has 1 aliphatic rings. The van der Waals surface area contributed by atoms with E-state index in [1.807, 2.05) is 6.92 Å². The van der Waals surface area contributed by atoms with E-state index in [1.54, 1.807) is 24.3 Å². The molecule has 1 amide bonds. The summed E-state index contributed by atoms with van der Waals surface area (Å²) in [6.45, 7) is 2.80. The normalized spacial score (nSPS) is 15.4. The molecule has 1 N–H and O–H groups in total. The molecule has 162 valence electrons. The number of hydrogen-bond acceptors (Lipinski definition) is 5. The molecule has 0 aliphatic carbocycles. The minimum absolute atomic E-state index is 0.297. The number of anilines is 1. The number of pyridine rings is 1. The van der Waals surface area contributed by atoms with Crippen LogP contribution in [-0.4, -0.2) is 42.9 Å². The standard InChI is InChI=1S/C21H27N3O5S/c1-2-29-18-11-6-5-10-17(18)22-20(25)16-23-13-9-12-19(21(23)26)30(27,28)24-14-7-3-4-8-15-24/h5-6,9-13H,2-4,7-8,14-16H2,1H3,(H,22,25). The number of nitrogens with zero attached hydrogens (tertiary/aromatic N) is 2. The largest absolute Gasteiger partial charge is 0.492 e. The van der Waals surface area contributed by atoms with E-state index in [0.717, 1.165) is 30.3 Å². The molecule has 1 aliphatic heterocycles. The van der Waals surface area contributed by atoms with Gasteiger partial charge >= 0.3 is 0 Å². The Balaban J connectivity index is 1.80. The third kappa shape index (κ3) is 5.09. The number of benzene rings is 1. The van der Waals surface area contributed by atoms with Crippen LogP contribution >= 0.6 is 0 Å². The first-order valence-electron chi connectivity index (χ1n) is 10.1. The summed E-state index contributed by atoms with van der Waals surface area (Å²) < 4.78 is 34.0. The third-order valence-electron chi connectivity index (χ3n) is 4.94. The predicted octanol–water partition coefficient (Wildman–Crippen LogP) is 2.45. The highest BCUT2D eigenvalue weighted by Gasteiger charge is 2.28. The minimum Gasteiger partial charge on any atom is -0.492 e. The number of ether oxygens (including phenoxy) is 1. The summed E-state index contributed by atoms with van der Waals surface area (Å²) in [7, 11) is -3.90. The molecule has 1 saturated heterocycles. The second kappa shape index (κ2) is 9.90. The van der Waals surface area contributed by atoms with Crippen LogP contribution in [0, 0.1) is 0 Å². The maximum Gasteiger partial charge on any atom is 0.271 e. The molecule has 0 saturated carbocycles. The number of carbonyl (C=O) groups is 1. The zero-order valence-corrected chi connectivity index (χ0v) is 17.9. The first-order chi connectivity index (χ1) is 14.4. The Kier molecular flexibility index (Phi) is 7.28. The molecular formula is C21H27N3O5S. The number of para-hydroxylation sites is 2. The SMILES string of the molecule is CCOc1ccccc1NC(=O)Cn1cccc(S(=O)(=O)N2CCCCCC2)c1=O. The van der Waals surface area contributed by atoms with E-state index in [0.29, 0.717) is 31.1 Å². The predicted molar refractivity (Wildman–Crippen MR) is 114 cm³/mol. The van der Waals surface area contributed by atoms with Gasteiger partial charge in [0.1, 0.15) is 17.2 Å². The molecule has 0 radical (unpaired) electrons. The Labute approximate surface area is 176 Å². The van der Waals surface area contributed by atoms with Crippen molar-refractivity contribution in [2.24, 2.45) is 0 Å². The van der Waals surface area contributed by atoms with Gasteiger partial charge in [-0.1, -0.05) is 25.0 Å². The van der Waals surface area contributed by atoms with Gasteiger partial charge in [0.2, 0.25) is 15.9 Å². The molecule has 9 heteroatoms. The van der Waals surface area contributed by atoms with Crippen LogP contribution in [0.2, 0.25) is 0 Å². The van der Waals surface area contributed by atoms with Gasteiger partial charge in [-0.3, -0.25) is 9.59 Å². The highest BCUT2D eigenvalue weighted by atomic mass is 32.2. The van der Waals surface area contributed by atoms with Gasteiger partial charge in [0.25, 0.3) is 5.56 Å². The molecule has 1 fully saturated rings. The molecule has 1 aromatic heterocycles. The summed E-state index contributed by atoms with van der Waals surface area (Å²) in [4.78, 5) is 25.1. The van der Waals surface area contributed by atoms with Gasteiger partial charge in [-0.25, -0.2) is 8.42 Å². The molecule has 0 bridgehead atoms. The highest BCUT2D eigenvalue weighted by Crippen LogP contribution is 2.23. The lowest BCUT2D eigenvalue weighted by molar-refractivity contribution is -0.116. The molecule has 8 nitrogen and oxygen atoms in total. The smallest absolute Gasteiger partial charge is 0.271 e. The second-order valence-corrected chi connectivity index (χ2v) is 9.01. The fourth-order valence-corrected chi connectivity index (χ4v) is 5.06. The number of sulfonamides is 1. The van der Waals surface area contributed by atoms with E-state index >= 15 is 0 Å². The second-order valence-electron chi connectivity index (χ2n) is 7.10. The monoisotopic (exact) mass is 433 g/mol. The maximum atomic E-state index is 13.0. The van der Waals surface area contributed by atoms with Crippen molar-refractivity contribution in [3.05, 3.63) is 52.9 Å². The van der Waals surface area contributed by atoms with E-state index in [2.05, 4.69) is 5.32 Å². The first-order valence-corrected chi connectivity index (χ1v) is 11.6. The van der Waals surface area contributed by atoms with E-state index in [4.69, 9.17) is 4.74 Å². The Bertz CT molecular complexity index is 1040. The highest BCUT2D eigenvalue weighted by molar-refractivity contribution is 7.89. The van der Waals surface area contributed by atoms with Crippen molar-refractivity contribution in [3.63, 3.8) is 0 Å². The molecular weight excluding hydrogens is 406 g/mol. The molecule has 3 rings (SSSR count). The number of aromatic nitrogens is 1. The zero-order valence-electron chi connectivity index (χ0n) is 17.0. The summed E-state index contributed by atoms with van der Waals surface area (Å²) in [6, 6.07) is 9.78. The van der Waals surface area contributed by atoms with Gasteiger partial charge in [-0.2, -0.15) is 4.31 Å². The Morgan fingerprint density at radius 1 is 1.07 bits per heavy atom. The number of nitrogens with one attached hydrogen (secondary N) is 1. The van der Waals surface area contributed by atoms with Crippen LogP contribution < -0.4 is 15.6 Å². The maximum absolute atomic E-state index is 13.0. The summed E-state index contributed by atoms with van der Waals surface area (Å²) in [6.07, 6.45) is 4.93. The average molecular weight is 434 g/mol. The fourth-order valence-electron chi connectivity index (χ4n) is 3.45. The molecule has 0 unspecified atom stereocenters. The van der Waals surface area contributed by atoms with Crippen LogP contribution in [0.15, 0.2) is 52.3 Å². The van der Waals surface area contributed by atoms with Gasteiger partial charge in [-0.05, 0) is 44.0 Å². The van der Waals surface area contributed by atoms with Gasteiger partial charge in [-0.15, -0.1) is 0 Å². The topological polar surface area (TPSA) is 97.7 Å². The van der Waals surface area contributed by atoms with E-state index in [1.165, 1.54) is 22.6 Å². The van der Waals surface area contributed by atoms with Crippen molar-refractivity contribution in [2.45, 2.75) is 44.0 Å². The van der Waals surface area contributed by atoms with Crippen molar-refractivity contribution in [1.82, 2.24) is 8.87 Å². The lowest BCUT2D eigenvalue weighted by Crippen LogP contribution is -2.37. The minimum atomic E-state index is -3.90. The Morgan fingerprint density at radius 2 is 1.77 bits per heavy atom. The van der Waals surface area contributed by atoms with Crippen LogP contribution in [0.3, 0.4) is 0 Å². The number of hydrogen-bond donors (Lipinski definition) is 1. The Hall–Kier alpha value is -2.65. The lowest BCUT2D eigenvalue weighted by atomic mass is 10.2. The van der Waals surface area contributed by atoms with Crippen molar-refractivity contribution in [2.75, 3.05) is 25.0 Å². The molecule has 30 heavy (non-hydrogen) atoms. The van der Waals surface area contributed by atoms with Crippen LogP contribution in [0.1, 0.15) is 32.6 Å². The third-order valence-corrected chi connectivity index (χ3v) is 6.85. The Morgan fingerprint density at radius 3 is 2.47 bits per heavy atom. The van der Waals surface area contributed by atoms with Crippen LogP contribution in [0.25, 0.3) is 0 Å². The molecule has 0 atom stereocenters. The van der Waals surface area contributed by atoms with Crippen LogP contribution in [0.5, 0.6) is 5.75 Å². The van der Waals surface area contributed by atoms with Crippen LogP contribution in [-0.2, 0) is 21.4 Å². The number of carbonyl (C=O) groups excluding carboxylic acids is 1. The summed E-state index contributed by atoms with van der Waals surface area (Å²) >= 11 is 0. The molecule has 2 heterocycles. The molecule has 1 aromatic carbocycles. The van der Waals surface area contributed by atoms with Gasteiger partial charge in [0, 0.05) is 19.3 Å². The molecule has 0 spiro atoms. The first kappa shape index (κ1) is 22.0. The van der Waals surface area contributed by atoms with Gasteiger partial charge in [0.15, 0.2) is 0 Å². The van der Waals surface area contributed by atoms with Crippen molar-refractivity contribution in [3.8, 4) is 5.75 Å². The van der Waals surface area contributed by atoms with Crippen molar-refractivity contribution in [1.29, 1.82) is 0 Å². The van der Waals surface area contributed by atoms with E-state index in [9.17, 15) is 18.0 Å². The van der Waals surface area contributed by atoms with E-state index < -0.39 is 21.5 Å². The summed E-state index contributed by atoms with van der Waals surface area (Å²) in [5, 5.41) is 2.72. The number of amides is 1. The molecule has 2 aromatic rings. The summed E-state index contributed by atoms with van der Waals surface area (Å²) in [5.74, 6) is 0.0757. The average Bonchev–Trinajstić information content (AvgIpc) is 3.01. The summed E-state index contributed by atoms with van der Waals surface area (Å²) in [5.41, 5.74) is -0.208.